The summed E-state index contributed by atoms with van der Waals surface area (Å²) in [7, 11) is 0.500. The van der Waals surface area contributed by atoms with Crippen LogP contribution in [0.3, 0.4) is 0 Å². The first-order valence-corrected chi connectivity index (χ1v) is 20.3. The highest BCUT2D eigenvalue weighted by atomic mass is 19.1. The van der Waals surface area contributed by atoms with E-state index in [-0.39, 0.29) is 0 Å². The molecule has 2 aliphatic carbocycles. The molecule has 0 atom stereocenters. The number of fused-ring (bicyclic) bond motifs is 6. The van der Waals surface area contributed by atoms with Crippen molar-refractivity contribution < 1.29 is 4.39 Å². The van der Waals surface area contributed by atoms with Crippen LogP contribution in [0, 0.1) is 0 Å². The number of hydrogen-bond donors (Lipinski definition) is 0. The zero-order valence-electron chi connectivity index (χ0n) is 34.4. The molecule has 55 heavy (non-hydrogen) atoms. The molecule has 2 nitrogen and oxygen atoms in total. The van der Waals surface area contributed by atoms with Crippen LogP contribution < -0.4 is 0 Å². The van der Waals surface area contributed by atoms with E-state index in [0.29, 0.717) is 7.18 Å². The quantitative estimate of drug-likeness (QED) is 0.171. The van der Waals surface area contributed by atoms with E-state index in [1.165, 1.54) is 77.6 Å². The van der Waals surface area contributed by atoms with Crippen LogP contribution in [0.4, 0.5) is 4.39 Å². The summed E-state index contributed by atoms with van der Waals surface area (Å²) in [5.74, 6) is 0. The zero-order chi connectivity index (χ0) is 39.7. The van der Waals surface area contributed by atoms with E-state index < -0.39 is 0 Å². The van der Waals surface area contributed by atoms with Crippen LogP contribution in [0.5, 0.6) is 0 Å². The Kier molecular flexibility index (Phi) is 16.3. The lowest BCUT2D eigenvalue weighted by atomic mass is 9.98. The second-order valence-electron chi connectivity index (χ2n) is 12.0. The Bertz CT molecular complexity index is 2380. The summed E-state index contributed by atoms with van der Waals surface area (Å²) in [6, 6.07) is 42.4. The van der Waals surface area contributed by atoms with Crippen LogP contribution in [0.2, 0.25) is 0 Å². The molecule has 0 radical (unpaired) electrons. The van der Waals surface area contributed by atoms with Gasteiger partial charge >= 0.3 is 0 Å². The molecule has 2 aromatic heterocycles. The summed E-state index contributed by atoms with van der Waals surface area (Å²) in [4.78, 5) is 0. The van der Waals surface area contributed by atoms with Crippen LogP contribution in [0.25, 0.3) is 72.9 Å². The summed E-state index contributed by atoms with van der Waals surface area (Å²) in [5.41, 5.74) is 13.6. The first-order chi connectivity index (χ1) is 27.3. The van der Waals surface area contributed by atoms with Gasteiger partial charge in [0.1, 0.15) is 0 Å². The fourth-order valence-electron chi connectivity index (χ4n) is 7.21. The Morgan fingerprint density at radius 2 is 0.945 bits per heavy atom. The van der Waals surface area contributed by atoms with Gasteiger partial charge in [-0.25, -0.2) is 0 Å². The highest BCUT2D eigenvalue weighted by Gasteiger charge is 2.17. The van der Waals surface area contributed by atoms with Gasteiger partial charge in [-0.05, 0) is 96.1 Å². The second-order valence-corrected chi connectivity index (χ2v) is 12.0. The van der Waals surface area contributed by atoms with Gasteiger partial charge in [0.15, 0.2) is 0 Å². The van der Waals surface area contributed by atoms with Crippen molar-refractivity contribution in [3.05, 3.63) is 162 Å². The van der Waals surface area contributed by atoms with E-state index in [0.717, 1.165) is 19.3 Å². The molecule has 0 saturated heterocycles. The number of alkyl halides is 1. The number of benzene rings is 5. The normalized spacial score (nSPS) is 12.2. The summed E-state index contributed by atoms with van der Waals surface area (Å²) in [6.45, 7) is 16.0. The van der Waals surface area contributed by atoms with Gasteiger partial charge in [0.2, 0.25) is 0 Å². The lowest BCUT2D eigenvalue weighted by molar-refractivity contribution is 0.636. The van der Waals surface area contributed by atoms with Gasteiger partial charge in [0.05, 0.1) is 29.4 Å². The molecule has 3 heteroatoms. The van der Waals surface area contributed by atoms with Crippen molar-refractivity contribution in [2.45, 2.75) is 74.7 Å². The molecule has 284 valence electrons. The fraction of sp³-hybridized carbons (Fsp3) is 0.231. The molecule has 0 bridgehead atoms. The standard InChI is InChI=1S/C43H32N2.4C2H6.CH3F/c1-3-11-30(12-4-1)33-23-28-43-39(29-33)38-15-8-10-18-42(38)45(43)35-26-21-32(22-27-35)31-19-24-34(25-20-31)44-40-16-6-2-5-13-36(40)37-14-7-9-17-41(37)44;5*1-2/h3,5-29H,1-2,4H2;4*1-2H3;1H3. The Labute approximate surface area is 329 Å². The molecule has 7 aromatic rings. The van der Waals surface area contributed by atoms with E-state index in [4.69, 9.17) is 0 Å². The topological polar surface area (TPSA) is 9.86 Å². The van der Waals surface area contributed by atoms with Crippen molar-refractivity contribution in [1.82, 2.24) is 9.13 Å². The van der Waals surface area contributed by atoms with Gasteiger partial charge in [-0.1, -0.05) is 159 Å². The van der Waals surface area contributed by atoms with Gasteiger partial charge < -0.3 is 9.13 Å². The minimum absolute atomic E-state index is 0.500. The molecule has 9 rings (SSSR count). The average Bonchev–Trinajstić information content (AvgIpc) is 3.67. The van der Waals surface area contributed by atoms with Gasteiger partial charge in [-0.3, -0.25) is 4.39 Å². The highest BCUT2D eigenvalue weighted by molar-refractivity contribution is 6.10. The molecule has 0 unspecified atom stereocenters. The number of rotatable bonds is 4. The number of allylic oxidation sites excluding steroid dienone is 6. The first kappa shape index (κ1) is 42.1. The minimum Gasteiger partial charge on any atom is -0.309 e. The third-order valence-corrected chi connectivity index (χ3v) is 9.37. The predicted molar refractivity (Wildman–Crippen MR) is 245 cm³/mol. The number of hydrogen-bond acceptors (Lipinski definition) is 0. The Morgan fingerprint density at radius 1 is 0.436 bits per heavy atom. The molecule has 0 fully saturated rings. The molecule has 0 aliphatic heterocycles. The Morgan fingerprint density at radius 3 is 1.55 bits per heavy atom. The summed E-state index contributed by atoms with van der Waals surface area (Å²) in [5, 5.41) is 3.87. The largest absolute Gasteiger partial charge is 0.309 e. The lowest BCUT2D eigenvalue weighted by Crippen LogP contribution is -1.97. The maximum absolute atomic E-state index is 9.50. The monoisotopic (exact) mass is 730 g/mol. The molecule has 2 aliphatic rings. The van der Waals surface area contributed by atoms with Crippen molar-refractivity contribution in [2.75, 3.05) is 7.18 Å². The molecule has 0 N–H and O–H groups in total. The summed E-state index contributed by atoms with van der Waals surface area (Å²) in [6.07, 6.45) is 19.1. The zero-order valence-corrected chi connectivity index (χ0v) is 34.4. The third-order valence-electron chi connectivity index (χ3n) is 9.37. The van der Waals surface area contributed by atoms with Gasteiger partial charge in [-0.2, -0.15) is 0 Å². The Hall–Kier alpha value is -5.67. The minimum atomic E-state index is 0.500. The van der Waals surface area contributed by atoms with Crippen LogP contribution in [-0.4, -0.2) is 16.3 Å². The number of nitrogens with zero attached hydrogens (tertiary/aromatic N) is 2. The van der Waals surface area contributed by atoms with Gasteiger partial charge in [0.25, 0.3) is 0 Å². The maximum atomic E-state index is 9.50. The van der Waals surface area contributed by atoms with Crippen LogP contribution in [-0.2, 0) is 0 Å². The van der Waals surface area contributed by atoms with E-state index in [2.05, 4.69) is 167 Å². The van der Waals surface area contributed by atoms with Gasteiger partial charge in [0, 0.05) is 33.1 Å². The second kappa shape index (κ2) is 21.3. The van der Waals surface area contributed by atoms with Crippen molar-refractivity contribution in [3.63, 3.8) is 0 Å². The molecule has 0 amide bonds. The molecule has 0 spiro atoms. The molecule has 0 saturated carbocycles. The molecular weight excluding hydrogens is 672 g/mol. The Balaban J connectivity index is 0.000000626. The highest BCUT2D eigenvalue weighted by Crippen LogP contribution is 2.36. The number of aromatic nitrogens is 2. The van der Waals surface area contributed by atoms with Crippen molar-refractivity contribution in [2.24, 2.45) is 0 Å². The van der Waals surface area contributed by atoms with E-state index >= 15 is 0 Å². The summed E-state index contributed by atoms with van der Waals surface area (Å²) >= 11 is 0. The molecule has 2 heterocycles. The third kappa shape index (κ3) is 8.68. The summed E-state index contributed by atoms with van der Waals surface area (Å²) < 4.78 is 14.3. The first-order valence-electron chi connectivity index (χ1n) is 20.3. The van der Waals surface area contributed by atoms with Crippen LogP contribution in [0.1, 0.15) is 91.5 Å². The number of halogens is 1. The van der Waals surface area contributed by atoms with Crippen LogP contribution in [0.15, 0.2) is 146 Å². The smallest absolute Gasteiger partial charge is 0.0785 e. The lowest BCUT2D eigenvalue weighted by Gasteiger charge is -2.12. The van der Waals surface area contributed by atoms with E-state index in [1.54, 1.807) is 0 Å². The van der Waals surface area contributed by atoms with Crippen molar-refractivity contribution >= 4 is 50.4 Å². The number of para-hydroxylation sites is 2. The molecular formula is C52H59FN2. The molecule has 5 aromatic carbocycles. The average molecular weight is 731 g/mol. The van der Waals surface area contributed by atoms with Crippen molar-refractivity contribution in [3.8, 4) is 22.5 Å². The van der Waals surface area contributed by atoms with Crippen molar-refractivity contribution in [1.29, 1.82) is 0 Å². The van der Waals surface area contributed by atoms with Crippen LogP contribution >= 0.6 is 0 Å². The van der Waals surface area contributed by atoms with E-state index in [1.807, 2.05) is 55.4 Å². The fourth-order valence-corrected chi connectivity index (χ4v) is 7.21. The van der Waals surface area contributed by atoms with E-state index in [9.17, 15) is 4.39 Å². The SMILES string of the molecule is C1=Cc2c(n(-c3ccc(-c4ccc(-n5c6ccccc6c6cc(C7=CCCC=C7)ccc65)cc4)cc3)c3ccccc23)C=CC1.CC.CC.CC.CC.CF. The predicted octanol–water partition coefficient (Wildman–Crippen LogP) is 16.2. The maximum Gasteiger partial charge on any atom is 0.0785 e. The van der Waals surface area contributed by atoms with Gasteiger partial charge in [-0.15, -0.1) is 0 Å².